The highest BCUT2D eigenvalue weighted by atomic mass is 35.5. The van der Waals surface area contributed by atoms with Crippen molar-refractivity contribution in [3.05, 3.63) is 28.8 Å². The van der Waals surface area contributed by atoms with Gasteiger partial charge in [-0.15, -0.1) is 0 Å². The van der Waals surface area contributed by atoms with E-state index in [0.717, 1.165) is 0 Å². The van der Waals surface area contributed by atoms with Crippen LogP contribution in [0.4, 0.5) is 0 Å². The first-order valence-corrected chi connectivity index (χ1v) is 5.83. The molecule has 0 atom stereocenters. The van der Waals surface area contributed by atoms with Gasteiger partial charge in [0.25, 0.3) is 5.91 Å². The highest BCUT2D eigenvalue weighted by Gasteiger charge is 2.18. The number of carboxylic acids is 1. The second-order valence-corrected chi connectivity index (χ2v) is 4.19. The summed E-state index contributed by atoms with van der Waals surface area (Å²) in [6.45, 7) is 1.85. The van der Waals surface area contributed by atoms with E-state index in [1.165, 1.54) is 23.1 Å². The number of carbonyl (C=O) groups is 2. The summed E-state index contributed by atoms with van der Waals surface area (Å²) >= 11 is 5.71. The van der Waals surface area contributed by atoms with Gasteiger partial charge >= 0.3 is 5.97 Å². The van der Waals surface area contributed by atoms with E-state index >= 15 is 0 Å². The molecule has 2 N–H and O–H groups in total. The molecule has 0 unspecified atom stereocenters. The summed E-state index contributed by atoms with van der Waals surface area (Å²) in [5.74, 6) is -1.60. The average Bonchev–Trinajstić information content (AvgIpc) is 2.31. The molecule has 0 aliphatic carbocycles. The molecule has 0 bridgehead atoms. The van der Waals surface area contributed by atoms with E-state index in [2.05, 4.69) is 0 Å². The van der Waals surface area contributed by atoms with Gasteiger partial charge in [-0.05, 0) is 24.6 Å². The quantitative estimate of drug-likeness (QED) is 0.858. The van der Waals surface area contributed by atoms with Gasteiger partial charge in [0.2, 0.25) is 0 Å². The van der Waals surface area contributed by atoms with Crippen LogP contribution in [0.15, 0.2) is 18.2 Å². The number of aliphatic carboxylic acids is 1. The number of nitrogens with zero attached hydrogens (tertiary/aromatic N) is 1. The number of halogens is 1. The minimum atomic E-state index is -1.07. The van der Waals surface area contributed by atoms with Crippen molar-refractivity contribution in [2.24, 2.45) is 0 Å². The molecule has 0 aliphatic rings. The van der Waals surface area contributed by atoms with Crippen LogP contribution >= 0.6 is 11.6 Å². The fourth-order valence-corrected chi connectivity index (χ4v) is 1.69. The van der Waals surface area contributed by atoms with Crippen molar-refractivity contribution >= 4 is 23.5 Å². The van der Waals surface area contributed by atoms with E-state index < -0.39 is 11.9 Å². The average molecular weight is 272 g/mol. The fraction of sp³-hybridized carbons (Fsp3) is 0.333. The summed E-state index contributed by atoms with van der Waals surface area (Å²) in [6, 6.07) is 4.04. The summed E-state index contributed by atoms with van der Waals surface area (Å²) < 4.78 is 0. The van der Waals surface area contributed by atoms with Gasteiger partial charge in [0.1, 0.15) is 12.3 Å². The molecule has 5 nitrogen and oxygen atoms in total. The molecule has 0 fully saturated rings. The maximum absolute atomic E-state index is 12.1. The first kappa shape index (κ1) is 14.3. The molecule has 0 spiro atoms. The Morgan fingerprint density at radius 2 is 2.06 bits per heavy atom. The van der Waals surface area contributed by atoms with Crippen molar-refractivity contribution in [3.63, 3.8) is 0 Å². The number of carbonyl (C=O) groups excluding carboxylic acids is 1. The van der Waals surface area contributed by atoms with Gasteiger partial charge in [-0.1, -0.05) is 18.5 Å². The summed E-state index contributed by atoms with van der Waals surface area (Å²) in [7, 11) is 0. The molecular formula is C12H14ClNO4. The molecule has 6 heteroatoms. The number of phenols is 1. The monoisotopic (exact) mass is 271 g/mol. The van der Waals surface area contributed by atoms with Gasteiger partial charge in [-0.2, -0.15) is 0 Å². The van der Waals surface area contributed by atoms with Crippen LogP contribution in [0.2, 0.25) is 5.02 Å². The second kappa shape index (κ2) is 6.26. The molecule has 18 heavy (non-hydrogen) atoms. The Hall–Kier alpha value is -1.75. The zero-order chi connectivity index (χ0) is 13.7. The summed E-state index contributed by atoms with van der Waals surface area (Å²) in [4.78, 5) is 24.0. The predicted molar refractivity (Wildman–Crippen MR) is 66.9 cm³/mol. The Bertz CT molecular complexity index is 461. The van der Waals surface area contributed by atoms with Crippen LogP contribution in [-0.4, -0.2) is 40.1 Å². The van der Waals surface area contributed by atoms with Crippen LogP contribution in [0, 0.1) is 0 Å². The predicted octanol–water partition coefficient (Wildman–Crippen LogP) is 1.98. The van der Waals surface area contributed by atoms with E-state index in [-0.39, 0.29) is 22.9 Å². The molecule has 1 amide bonds. The zero-order valence-electron chi connectivity index (χ0n) is 9.89. The molecule has 1 aromatic rings. The molecule has 1 rings (SSSR count). The van der Waals surface area contributed by atoms with Gasteiger partial charge in [-0.3, -0.25) is 9.59 Å². The third kappa shape index (κ3) is 3.63. The first-order valence-electron chi connectivity index (χ1n) is 5.45. The van der Waals surface area contributed by atoms with E-state index in [1.54, 1.807) is 0 Å². The topological polar surface area (TPSA) is 77.8 Å². The number of hydrogen-bond acceptors (Lipinski definition) is 3. The standard InChI is InChI=1S/C12H14ClNO4/c1-2-5-14(7-11(16)17)12(18)8-3-4-10(15)9(13)6-8/h3-4,6,15H,2,5,7H2,1H3,(H,16,17). The van der Waals surface area contributed by atoms with Gasteiger partial charge in [0, 0.05) is 12.1 Å². The van der Waals surface area contributed by atoms with Gasteiger partial charge in [-0.25, -0.2) is 0 Å². The highest BCUT2D eigenvalue weighted by molar-refractivity contribution is 6.32. The maximum atomic E-state index is 12.1. The molecule has 0 aromatic heterocycles. The SMILES string of the molecule is CCCN(CC(=O)O)C(=O)c1ccc(O)c(Cl)c1. The molecular weight excluding hydrogens is 258 g/mol. The van der Waals surface area contributed by atoms with Crippen LogP contribution < -0.4 is 0 Å². The Labute approximate surface area is 110 Å². The maximum Gasteiger partial charge on any atom is 0.323 e. The Balaban J connectivity index is 2.93. The molecule has 1 aromatic carbocycles. The van der Waals surface area contributed by atoms with Gasteiger partial charge in [0.05, 0.1) is 5.02 Å². The normalized spacial score (nSPS) is 10.1. The largest absolute Gasteiger partial charge is 0.506 e. The summed E-state index contributed by atoms with van der Waals surface area (Å²) in [5, 5.41) is 18.1. The van der Waals surface area contributed by atoms with Gasteiger partial charge < -0.3 is 15.1 Å². The van der Waals surface area contributed by atoms with Crippen LogP contribution in [-0.2, 0) is 4.79 Å². The summed E-state index contributed by atoms with van der Waals surface area (Å²) in [6.07, 6.45) is 0.658. The number of phenolic OH excluding ortho intramolecular Hbond substituents is 1. The minimum absolute atomic E-state index is 0.0626. The van der Waals surface area contributed by atoms with Crippen molar-refractivity contribution in [3.8, 4) is 5.75 Å². The third-order valence-corrected chi connectivity index (χ3v) is 2.60. The molecule has 0 radical (unpaired) electrons. The number of hydrogen-bond donors (Lipinski definition) is 2. The lowest BCUT2D eigenvalue weighted by atomic mass is 10.2. The number of carboxylic acid groups (broad SMARTS) is 1. The van der Waals surface area contributed by atoms with Crippen molar-refractivity contribution in [1.82, 2.24) is 4.90 Å². The molecule has 0 saturated heterocycles. The fourth-order valence-electron chi connectivity index (χ4n) is 1.51. The Kier molecular flexibility index (Phi) is 4.97. The summed E-state index contributed by atoms with van der Waals surface area (Å²) in [5.41, 5.74) is 0.257. The van der Waals surface area contributed by atoms with Crippen LogP contribution in [0.25, 0.3) is 0 Å². The second-order valence-electron chi connectivity index (χ2n) is 3.79. The number of amides is 1. The molecule has 98 valence electrons. The smallest absolute Gasteiger partial charge is 0.323 e. The minimum Gasteiger partial charge on any atom is -0.506 e. The number of rotatable bonds is 5. The lowest BCUT2D eigenvalue weighted by Crippen LogP contribution is -2.36. The van der Waals surface area contributed by atoms with Crippen LogP contribution in [0.3, 0.4) is 0 Å². The number of aromatic hydroxyl groups is 1. The molecule has 0 heterocycles. The van der Waals surface area contributed by atoms with Crippen molar-refractivity contribution in [1.29, 1.82) is 0 Å². The highest BCUT2D eigenvalue weighted by Crippen LogP contribution is 2.24. The Morgan fingerprint density at radius 1 is 1.39 bits per heavy atom. The molecule has 0 saturated carbocycles. The zero-order valence-corrected chi connectivity index (χ0v) is 10.6. The lowest BCUT2D eigenvalue weighted by molar-refractivity contribution is -0.137. The Morgan fingerprint density at radius 3 is 2.56 bits per heavy atom. The third-order valence-electron chi connectivity index (χ3n) is 2.30. The van der Waals surface area contributed by atoms with Crippen LogP contribution in [0.5, 0.6) is 5.75 Å². The van der Waals surface area contributed by atoms with Gasteiger partial charge in [0.15, 0.2) is 0 Å². The van der Waals surface area contributed by atoms with E-state index in [4.69, 9.17) is 16.7 Å². The van der Waals surface area contributed by atoms with Crippen molar-refractivity contribution in [2.75, 3.05) is 13.1 Å². The first-order chi connectivity index (χ1) is 8.45. The van der Waals surface area contributed by atoms with Crippen molar-refractivity contribution < 1.29 is 19.8 Å². The van der Waals surface area contributed by atoms with E-state index in [0.29, 0.717) is 13.0 Å². The van der Waals surface area contributed by atoms with E-state index in [1.807, 2.05) is 6.92 Å². The van der Waals surface area contributed by atoms with Crippen molar-refractivity contribution in [2.45, 2.75) is 13.3 Å². The van der Waals surface area contributed by atoms with Crippen LogP contribution in [0.1, 0.15) is 23.7 Å². The number of benzene rings is 1. The lowest BCUT2D eigenvalue weighted by Gasteiger charge is -2.20. The molecule has 0 aliphatic heterocycles. The van der Waals surface area contributed by atoms with E-state index in [9.17, 15) is 14.7 Å².